The molecule has 0 aliphatic carbocycles. The Kier molecular flexibility index (Phi) is 3.74. The van der Waals surface area contributed by atoms with Gasteiger partial charge in [-0.15, -0.1) is 0 Å². The summed E-state index contributed by atoms with van der Waals surface area (Å²) in [5.41, 5.74) is 5.96. The lowest BCUT2D eigenvalue weighted by Crippen LogP contribution is -2.15. The number of hydrogen-bond acceptors (Lipinski definition) is 5. The maximum Gasteiger partial charge on any atom is 0.305 e. The van der Waals surface area contributed by atoms with Crippen LogP contribution >= 0.6 is 0 Å². The van der Waals surface area contributed by atoms with Crippen molar-refractivity contribution in [3.05, 3.63) is 23.8 Å². The molecular weight excluding hydrogens is 246 g/mol. The summed E-state index contributed by atoms with van der Waals surface area (Å²) in [5.74, 6) is -1.49. The van der Waals surface area contributed by atoms with Gasteiger partial charge in [0.25, 0.3) is 0 Å². The molecule has 0 radical (unpaired) electrons. The molecule has 1 atom stereocenters. The van der Waals surface area contributed by atoms with Crippen molar-refractivity contribution in [3.8, 4) is 5.75 Å². The average Bonchev–Trinajstić information content (AvgIpc) is 2.14. The van der Waals surface area contributed by atoms with Gasteiger partial charge in [-0.05, 0) is 17.7 Å². The quantitative estimate of drug-likeness (QED) is 0.714. The van der Waals surface area contributed by atoms with Gasteiger partial charge in [0.15, 0.2) is 9.84 Å². The highest BCUT2D eigenvalue weighted by molar-refractivity contribution is 7.90. The molecule has 0 saturated carbocycles. The van der Waals surface area contributed by atoms with E-state index in [-0.39, 0.29) is 11.3 Å². The minimum atomic E-state index is -3.51. The smallest absolute Gasteiger partial charge is 0.305 e. The minimum absolute atomic E-state index is 0.205. The number of nitrogens with two attached hydrogens (primary N) is 1. The highest BCUT2D eigenvalue weighted by Crippen LogP contribution is 2.26. The topological polar surface area (TPSA) is 118 Å². The van der Waals surface area contributed by atoms with E-state index in [2.05, 4.69) is 0 Å². The fourth-order valence-electron chi connectivity index (χ4n) is 1.38. The molecule has 0 amide bonds. The zero-order valence-corrected chi connectivity index (χ0v) is 9.94. The second-order valence-electron chi connectivity index (χ2n) is 3.70. The highest BCUT2D eigenvalue weighted by atomic mass is 32.2. The molecule has 1 rings (SSSR count). The molecule has 4 N–H and O–H groups in total. The number of rotatable bonds is 4. The number of benzene rings is 1. The van der Waals surface area contributed by atoms with E-state index in [0.717, 1.165) is 6.26 Å². The van der Waals surface area contributed by atoms with Crippen molar-refractivity contribution in [2.45, 2.75) is 17.4 Å². The Morgan fingerprint density at radius 2 is 2.06 bits per heavy atom. The van der Waals surface area contributed by atoms with E-state index in [0.29, 0.717) is 5.56 Å². The number of carboxylic acid groups (broad SMARTS) is 1. The average molecular weight is 259 g/mol. The van der Waals surface area contributed by atoms with Crippen molar-refractivity contribution in [1.82, 2.24) is 0 Å². The van der Waals surface area contributed by atoms with Crippen LogP contribution in [-0.2, 0) is 14.6 Å². The zero-order valence-electron chi connectivity index (χ0n) is 9.12. The molecule has 0 saturated heterocycles. The molecule has 0 fully saturated rings. The van der Waals surface area contributed by atoms with E-state index < -0.39 is 27.6 Å². The van der Waals surface area contributed by atoms with E-state index in [1.54, 1.807) is 0 Å². The summed E-state index contributed by atoms with van der Waals surface area (Å²) in [6, 6.07) is 2.99. The standard InChI is InChI=1S/C10H13NO5S/c1-17(15,16)9-3-2-6(4-8(9)12)7(11)5-10(13)14/h2-4,7,12H,5,11H2,1H3,(H,13,14). The maximum absolute atomic E-state index is 11.2. The van der Waals surface area contributed by atoms with E-state index in [1.165, 1.54) is 18.2 Å². The molecule has 6 nitrogen and oxygen atoms in total. The van der Waals surface area contributed by atoms with Gasteiger partial charge in [0.2, 0.25) is 0 Å². The summed E-state index contributed by atoms with van der Waals surface area (Å²) in [6.45, 7) is 0. The number of sulfone groups is 1. The van der Waals surface area contributed by atoms with Crippen LogP contribution < -0.4 is 5.73 Å². The van der Waals surface area contributed by atoms with Crippen molar-refractivity contribution in [1.29, 1.82) is 0 Å². The van der Waals surface area contributed by atoms with Crippen molar-refractivity contribution in [2.75, 3.05) is 6.26 Å². The summed E-state index contributed by atoms with van der Waals surface area (Å²) in [5, 5.41) is 18.1. The Balaban J connectivity index is 3.09. The third-order valence-electron chi connectivity index (χ3n) is 2.21. The molecule has 0 spiro atoms. The number of hydrogen-bond donors (Lipinski definition) is 3. The minimum Gasteiger partial charge on any atom is -0.507 e. The third-order valence-corrected chi connectivity index (χ3v) is 3.35. The first-order chi connectivity index (χ1) is 7.71. The number of aromatic hydroxyl groups is 1. The Morgan fingerprint density at radius 1 is 1.47 bits per heavy atom. The van der Waals surface area contributed by atoms with Gasteiger partial charge in [0.05, 0.1) is 6.42 Å². The Labute approximate surface area is 98.6 Å². The third kappa shape index (κ3) is 3.43. The molecule has 0 aromatic heterocycles. The van der Waals surface area contributed by atoms with Gasteiger partial charge in [-0.3, -0.25) is 4.79 Å². The lowest BCUT2D eigenvalue weighted by atomic mass is 10.0. The Morgan fingerprint density at radius 3 is 2.47 bits per heavy atom. The van der Waals surface area contributed by atoms with Gasteiger partial charge in [-0.2, -0.15) is 0 Å². The lowest BCUT2D eigenvalue weighted by molar-refractivity contribution is -0.137. The largest absolute Gasteiger partial charge is 0.507 e. The van der Waals surface area contributed by atoms with E-state index in [1.807, 2.05) is 0 Å². The SMILES string of the molecule is CS(=O)(=O)c1ccc(C(N)CC(=O)O)cc1O. The molecular formula is C10H13NO5S. The van der Waals surface area contributed by atoms with E-state index >= 15 is 0 Å². The van der Waals surface area contributed by atoms with Crippen LogP contribution in [0.1, 0.15) is 18.0 Å². The number of phenols is 1. The normalized spacial score (nSPS) is 13.3. The predicted molar refractivity (Wildman–Crippen MR) is 60.4 cm³/mol. The fraction of sp³-hybridized carbons (Fsp3) is 0.300. The van der Waals surface area contributed by atoms with Crippen LogP contribution in [0.2, 0.25) is 0 Å². The van der Waals surface area contributed by atoms with Crippen molar-refractivity contribution in [2.24, 2.45) is 5.73 Å². The van der Waals surface area contributed by atoms with Gasteiger partial charge in [0.1, 0.15) is 10.6 Å². The summed E-state index contributed by atoms with van der Waals surface area (Å²) in [4.78, 5) is 10.3. The van der Waals surface area contributed by atoms with E-state index in [4.69, 9.17) is 10.8 Å². The maximum atomic E-state index is 11.2. The van der Waals surface area contributed by atoms with E-state index in [9.17, 15) is 18.3 Å². The first kappa shape index (κ1) is 13.5. The molecule has 0 bridgehead atoms. The first-order valence-corrected chi connectivity index (χ1v) is 6.61. The number of carboxylic acids is 1. The Hall–Kier alpha value is -1.60. The van der Waals surface area contributed by atoms with Gasteiger partial charge in [0, 0.05) is 12.3 Å². The van der Waals surface area contributed by atoms with Gasteiger partial charge >= 0.3 is 5.97 Å². The summed E-state index contributed by atoms with van der Waals surface area (Å²) in [7, 11) is -3.51. The molecule has 1 aromatic rings. The molecule has 94 valence electrons. The Bertz CT molecular complexity index is 538. The molecule has 0 aliphatic heterocycles. The van der Waals surface area contributed by atoms with Crippen molar-refractivity contribution in [3.63, 3.8) is 0 Å². The van der Waals surface area contributed by atoms with Crippen molar-refractivity contribution < 1.29 is 23.4 Å². The second-order valence-corrected chi connectivity index (χ2v) is 5.69. The monoisotopic (exact) mass is 259 g/mol. The number of carbonyl (C=O) groups is 1. The summed E-state index contributed by atoms with van der Waals surface area (Å²) < 4.78 is 22.5. The first-order valence-electron chi connectivity index (χ1n) is 4.72. The summed E-state index contributed by atoms with van der Waals surface area (Å²) in [6.07, 6.45) is 0.677. The zero-order chi connectivity index (χ0) is 13.2. The molecule has 0 heterocycles. The van der Waals surface area contributed by atoms with Crippen LogP contribution in [0.4, 0.5) is 0 Å². The number of aliphatic carboxylic acids is 1. The molecule has 1 unspecified atom stereocenters. The number of phenolic OH excluding ortho intramolecular Hbond substituents is 1. The highest BCUT2D eigenvalue weighted by Gasteiger charge is 2.16. The van der Waals surface area contributed by atoms with Crippen LogP contribution in [0.25, 0.3) is 0 Å². The van der Waals surface area contributed by atoms with Crippen LogP contribution in [0.5, 0.6) is 5.75 Å². The second kappa shape index (κ2) is 4.72. The van der Waals surface area contributed by atoms with Gasteiger partial charge < -0.3 is 15.9 Å². The van der Waals surface area contributed by atoms with Crippen LogP contribution in [0.15, 0.2) is 23.1 Å². The molecule has 7 heteroatoms. The van der Waals surface area contributed by atoms with Crippen LogP contribution in [0.3, 0.4) is 0 Å². The fourth-order valence-corrected chi connectivity index (χ4v) is 2.14. The van der Waals surface area contributed by atoms with Gasteiger partial charge in [-0.1, -0.05) is 6.07 Å². The predicted octanol–water partition coefficient (Wildman–Crippen LogP) is 0.270. The van der Waals surface area contributed by atoms with Gasteiger partial charge in [-0.25, -0.2) is 8.42 Å². The lowest BCUT2D eigenvalue weighted by Gasteiger charge is -2.11. The van der Waals surface area contributed by atoms with Crippen molar-refractivity contribution >= 4 is 15.8 Å². The van der Waals surface area contributed by atoms with Crippen LogP contribution in [0, 0.1) is 0 Å². The molecule has 1 aromatic carbocycles. The summed E-state index contributed by atoms with van der Waals surface area (Å²) >= 11 is 0. The molecule has 0 aliphatic rings. The molecule has 17 heavy (non-hydrogen) atoms. The van der Waals surface area contributed by atoms with Crippen LogP contribution in [-0.4, -0.2) is 30.9 Å².